The summed E-state index contributed by atoms with van der Waals surface area (Å²) >= 11 is 11.5. The fraction of sp³-hybridized carbons (Fsp3) is 0.154. The van der Waals surface area contributed by atoms with E-state index < -0.39 is 4.92 Å². The normalized spacial score (nSPS) is 10.3. The van der Waals surface area contributed by atoms with E-state index >= 15 is 0 Å². The molecule has 5 nitrogen and oxygen atoms in total. The van der Waals surface area contributed by atoms with E-state index in [9.17, 15) is 10.1 Å². The quantitative estimate of drug-likeness (QED) is 0.515. The lowest BCUT2D eigenvalue weighted by Gasteiger charge is -2.06. The monoisotopic (exact) mass is 311 g/mol. The molecule has 0 saturated carbocycles. The summed E-state index contributed by atoms with van der Waals surface area (Å²) in [5.41, 5.74) is 0.983. The average Bonchev–Trinajstić information content (AvgIpc) is 2.41. The van der Waals surface area contributed by atoms with E-state index in [-0.39, 0.29) is 16.7 Å². The summed E-state index contributed by atoms with van der Waals surface area (Å²) < 4.78 is 0. The van der Waals surface area contributed by atoms with Gasteiger partial charge in [0.15, 0.2) is 0 Å². The van der Waals surface area contributed by atoms with E-state index in [0.29, 0.717) is 18.0 Å². The second kappa shape index (κ2) is 6.54. The molecule has 1 aromatic carbocycles. The number of hydrogen-bond donors (Lipinski definition) is 1. The van der Waals surface area contributed by atoms with E-state index in [0.717, 1.165) is 5.56 Å². The van der Waals surface area contributed by atoms with Crippen molar-refractivity contribution in [1.82, 2.24) is 4.98 Å². The Labute approximate surface area is 125 Å². The zero-order valence-corrected chi connectivity index (χ0v) is 11.9. The van der Waals surface area contributed by atoms with Gasteiger partial charge in [-0.25, -0.2) is 4.98 Å². The van der Waals surface area contributed by atoms with Crippen molar-refractivity contribution in [3.63, 3.8) is 0 Å². The highest BCUT2D eigenvalue weighted by Gasteiger charge is 2.14. The number of hydrogen-bond acceptors (Lipinski definition) is 4. The lowest BCUT2D eigenvalue weighted by atomic mass is 10.1. The van der Waals surface area contributed by atoms with Crippen molar-refractivity contribution in [2.24, 2.45) is 0 Å². The van der Waals surface area contributed by atoms with Gasteiger partial charge in [-0.3, -0.25) is 10.1 Å². The second-order valence-electron chi connectivity index (χ2n) is 4.06. The number of rotatable bonds is 5. The summed E-state index contributed by atoms with van der Waals surface area (Å²) in [6.07, 6.45) is 0.697. The van der Waals surface area contributed by atoms with Gasteiger partial charge in [0.2, 0.25) is 5.82 Å². The molecule has 104 valence electrons. The zero-order valence-electron chi connectivity index (χ0n) is 10.3. The molecule has 1 heterocycles. The summed E-state index contributed by atoms with van der Waals surface area (Å²) in [5, 5.41) is 14.7. The first-order valence-corrected chi connectivity index (χ1v) is 6.61. The van der Waals surface area contributed by atoms with Gasteiger partial charge in [0.25, 0.3) is 0 Å². The van der Waals surface area contributed by atoms with Crippen LogP contribution in [-0.4, -0.2) is 16.5 Å². The van der Waals surface area contributed by atoms with Crippen molar-refractivity contribution in [3.05, 3.63) is 62.3 Å². The number of benzene rings is 1. The van der Waals surface area contributed by atoms with Gasteiger partial charge in [-0.1, -0.05) is 35.3 Å². The zero-order chi connectivity index (χ0) is 14.5. The molecule has 0 unspecified atom stereocenters. The standard InChI is InChI=1S/C13H11Cl2N3O2/c14-10-3-1-9(2-4-10)7-8-16-13-11(18(19)20)5-6-12(15)17-13/h1-6H,7-8H2,(H,16,17). The Hall–Kier alpha value is -1.85. The molecule has 0 bridgehead atoms. The van der Waals surface area contributed by atoms with Crippen LogP contribution in [0.3, 0.4) is 0 Å². The second-order valence-corrected chi connectivity index (χ2v) is 4.89. The Balaban J connectivity index is 2.02. The largest absolute Gasteiger partial charge is 0.364 e. The van der Waals surface area contributed by atoms with Gasteiger partial charge < -0.3 is 5.32 Å². The third-order valence-electron chi connectivity index (χ3n) is 2.66. The van der Waals surface area contributed by atoms with E-state index in [2.05, 4.69) is 10.3 Å². The molecule has 0 aliphatic heterocycles. The number of halogens is 2. The first-order valence-electron chi connectivity index (χ1n) is 5.85. The first kappa shape index (κ1) is 14.6. The molecule has 7 heteroatoms. The minimum Gasteiger partial charge on any atom is -0.364 e. The highest BCUT2D eigenvalue weighted by atomic mass is 35.5. The van der Waals surface area contributed by atoms with Crippen LogP contribution in [0.1, 0.15) is 5.56 Å². The minimum atomic E-state index is -0.492. The summed E-state index contributed by atoms with van der Waals surface area (Å²) in [4.78, 5) is 14.3. The van der Waals surface area contributed by atoms with Crippen molar-refractivity contribution in [3.8, 4) is 0 Å². The highest BCUT2D eigenvalue weighted by molar-refractivity contribution is 6.30. The Kier molecular flexibility index (Phi) is 4.76. The molecule has 0 atom stereocenters. The van der Waals surface area contributed by atoms with Crippen LogP contribution < -0.4 is 5.32 Å². The molecule has 1 aromatic heterocycles. The van der Waals surface area contributed by atoms with Gasteiger partial charge in [0.1, 0.15) is 5.15 Å². The number of aromatic nitrogens is 1. The third kappa shape index (κ3) is 3.82. The molecule has 0 radical (unpaired) electrons. The van der Waals surface area contributed by atoms with E-state index in [4.69, 9.17) is 23.2 Å². The van der Waals surface area contributed by atoms with Crippen molar-refractivity contribution in [1.29, 1.82) is 0 Å². The molecule has 0 amide bonds. The van der Waals surface area contributed by atoms with Crippen LogP contribution in [0.5, 0.6) is 0 Å². The summed E-state index contributed by atoms with van der Waals surface area (Å²) in [6.45, 7) is 0.510. The Morgan fingerprint density at radius 1 is 1.15 bits per heavy atom. The van der Waals surface area contributed by atoms with E-state index in [1.807, 2.05) is 12.1 Å². The molecule has 20 heavy (non-hydrogen) atoms. The lowest BCUT2D eigenvalue weighted by Crippen LogP contribution is -2.08. The molecule has 1 N–H and O–H groups in total. The predicted octanol–water partition coefficient (Wildman–Crippen LogP) is 3.95. The van der Waals surface area contributed by atoms with Crippen LogP contribution in [-0.2, 0) is 6.42 Å². The smallest absolute Gasteiger partial charge is 0.311 e. The SMILES string of the molecule is O=[N+]([O-])c1ccc(Cl)nc1NCCc1ccc(Cl)cc1. The van der Waals surface area contributed by atoms with Crippen LogP contribution in [0.15, 0.2) is 36.4 Å². The molecule has 0 aliphatic carbocycles. The van der Waals surface area contributed by atoms with Gasteiger partial charge in [-0.05, 0) is 30.2 Å². The first-order chi connectivity index (χ1) is 9.56. The van der Waals surface area contributed by atoms with Gasteiger partial charge in [-0.2, -0.15) is 0 Å². The van der Waals surface area contributed by atoms with Gasteiger partial charge in [0, 0.05) is 17.6 Å². The predicted molar refractivity (Wildman–Crippen MR) is 79.5 cm³/mol. The molecule has 0 spiro atoms. The maximum absolute atomic E-state index is 10.9. The molecule has 0 saturated heterocycles. The molecule has 2 rings (SSSR count). The van der Waals surface area contributed by atoms with Crippen molar-refractivity contribution in [2.45, 2.75) is 6.42 Å². The summed E-state index contributed by atoms with van der Waals surface area (Å²) in [6, 6.07) is 10.1. The third-order valence-corrected chi connectivity index (χ3v) is 3.12. The maximum atomic E-state index is 10.9. The van der Waals surface area contributed by atoms with Crippen LogP contribution in [0.2, 0.25) is 10.2 Å². The number of nitro groups is 1. The topological polar surface area (TPSA) is 68.1 Å². The van der Waals surface area contributed by atoms with Gasteiger partial charge in [-0.15, -0.1) is 0 Å². The average molecular weight is 312 g/mol. The van der Waals surface area contributed by atoms with Crippen molar-refractivity contribution < 1.29 is 4.92 Å². The Morgan fingerprint density at radius 2 is 1.85 bits per heavy atom. The summed E-state index contributed by atoms with van der Waals surface area (Å²) in [5.74, 6) is 0.177. The number of nitrogens with one attached hydrogen (secondary N) is 1. The van der Waals surface area contributed by atoms with Crippen molar-refractivity contribution >= 4 is 34.7 Å². The Bertz CT molecular complexity index is 618. The fourth-order valence-electron chi connectivity index (χ4n) is 1.68. The molecular formula is C13H11Cl2N3O2. The van der Waals surface area contributed by atoms with Gasteiger partial charge in [0.05, 0.1) is 4.92 Å². The summed E-state index contributed by atoms with van der Waals surface area (Å²) in [7, 11) is 0. The minimum absolute atomic E-state index is 0.0921. The highest BCUT2D eigenvalue weighted by Crippen LogP contribution is 2.23. The fourth-order valence-corrected chi connectivity index (χ4v) is 1.96. The van der Waals surface area contributed by atoms with E-state index in [1.54, 1.807) is 12.1 Å². The molecular weight excluding hydrogens is 301 g/mol. The number of anilines is 1. The van der Waals surface area contributed by atoms with Crippen LogP contribution in [0.4, 0.5) is 11.5 Å². The van der Waals surface area contributed by atoms with E-state index in [1.165, 1.54) is 12.1 Å². The number of nitrogens with zero attached hydrogens (tertiary/aromatic N) is 2. The lowest BCUT2D eigenvalue weighted by molar-refractivity contribution is -0.384. The Morgan fingerprint density at radius 3 is 2.50 bits per heavy atom. The van der Waals surface area contributed by atoms with Crippen LogP contribution in [0, 0.1) is 10.1 Å². The molecule has 2 aromatic rings. The molecule has 0 fully saturated rings. The van der Waals surface area contributed by atoms with Crippen molar-refractivity contribution in [2.75, 3.05) is 11.9 Å². The van der Waals surface area contributed by atoms with Crippen LogP contribution >= 0.6 is 23.2 Å². The van der Waals surface area contributed by atoms with Gasteiger partial charge >= 0.3 is 5.69 Å². The number of pyridine rings is 1. The van der Waals surface area contributed by atoms with Crippen LogP contribution in [0.25, 0.3) is 0 Å². The molecule has 0 aliphatic rings. The maximum Gasteiger partial charge on any atom is 0.311 e.